The highest BCUT2D eigenvalue weighted by Crippen LogP contribution is 2.20. The maximum atomic E-state index is 11.3. The summed E-state index contributed by atoms with van der Waals surface area (Å²) in [6, 6.07) is 11.1. The van der Waals surface area contributed by atoms with Gasteiger partial charge in [0.25, 0.3) is 0 Å². The van der Waals surface area contributed by atoms with Crippen molar-refractivity contribution < 1.29 is 4.74 Å². The summed E-state index contributed by atoms with van der Waals surface area (Å²) in [5, 5.41) is 0. The molecule has 0 amide bonds. The second-order valence-corrected chi connectivity index (χ2v) is 3.66. The van der Waals surface area contributed by atoms with E-state index in [-0.39, 0.29) is 5.56 Å². The zero-order chi connectivity index (χ0) is 11.5. The fourth-order valence-corrected chi connectivity index (χ4v) is 1.61. The molecule has 1 heterocycles. The van der Waals surface area contributed by atoms with Gasteiger partial charge in [-0.3, -0.25) is 4.79 Å². The van der Waals surface area contributed by atoms with Crippen molar-refractivity contribution in [3.05, 3.63) is 52.3 Å². The molecule has 2 aromatic rings. The number of benzene rings is 1. The highest BCUT2D eigenvalue weighted by atomic mass is 16.5. The molecule has 16 heavy (non-hydrogen) atoms. The number of hydrogen-bond acceptors (Lipinski definition) is 2. The van der Waals surface area contributed by atoms with Crippen LogP contribution in [0, 0.1) is 6.92 Å². The summed E-state index contributed by atoms with van der Waals surface area (Å²) in [6.45, 7) is 1.91. The third-order valence-electron chi connectivity index (χ3n) is 2.39. The van der Waals surface area contributed by atoms with E-state index < -0.39 is 0 Å². The number of H-pyrrole nitrogens is 1. The number of aryl methyl sites for hydroxylation is 1. The monoisotopic (exact) mass is 215 g/mol. The van der Waals surface area contributed by atoms with Crippen LogP contribution in [0.15, 0.2) is 41.2 Å². The fourth-order valence-electron chi connectivity index (χ4n) is 1.61. The highest BCUT2D eigenvalue weighted by Gasteiger charge is 2.00. The summed E-state index contributed by atoms with van der Waals surface area (Å²) >= 11 is 0. The van der Waals surface area contributed by atoms with Crippen LogP contribution >= 0.6 is 0 Å². The van der Waals surface area contributed by atoms with Crippen molar-refractivity contribution in [1.82, 2.24) is 4.98 Å². The molecule has 82 valence electrons. The molecule has 0 unspecified atom stereocenters. The van der Waals surface area contributed by atoms with E-state index in [1.54, 1.807) is 13.2 Å². The van der Waals surface area contributed by atoms with Gasteiger partial charge in [0.05, 0.1) is 7.11 Å². The summed E-state index contributed by atoms with van der Waals surface area (Å²) in [5.74, 6) is 0.804. The van der Waals surface area contributed by atoms with Crippen molar-refractivity contribution in [2.45, 2.75) is 6.92 Å². The van der Waals surface area contributed by atoms with Gasteiger partial charge in [0.15, 0.2) is 0 Å². The summed E-state index contributed by atoms with van der Waals surface area (Å²) < 4.78 is 5.08. The van der Waals surface area contributed by atoms with Gasteiger partial charge in [0.2, 0.25) is 5.56 Å². The van der Waals surface area contributed by atoms with Crippen LogP contribution in [0.4, 0.5) is 0 Å². The van der Waals surface area contributed by atoms with Gasteiger partial charge in [-0.2, -0.15) is 0 Å². The standard InChI is InChI=1S/C13H13NO2/c1-9-7-12(14-13(15)8-9)10-3-5-11(16-2)6-4-10/h3-8H,1-2H3,(H,14,15). The molecule has 0 aliphatic carbocycles. The zero-order valence-electron chi connectivity index (χ0n) is 9.28. The van der Waals surface area contributed by atoms with Crippen LogP contribution in [0.3, 0.4) is 0 Å². The molecule has 3 heteroatoms. The second-order valence-electron chi connectivity index (χ2n) is 3.66. The Kier molecular flexibility index (Phi) is 2.77. The van der Waals surface area contributed by atoms with E-state index in [4.69, 9.17) is 4.74 Å². The highest BCUT2D eigenvalue weighted by molar-refractivity contribution is 5.60. The lowest BCUT2D eigenvalue weighted by Crippen LogP contribution is -2.05. The normalized spacial score (nSPS) is 10.1. The van der Waals surface area contributed by atoms with Gasteiger partial charge in [-0.15, -0.1) is 0 Å². The van der Waals surface area contributed by atoms with Crippen molar-refractivity contribution in [2.75, 3.05) is 7.11 Å². The van der Waals surface area contributed by atoms with Crippen molar-refractivity contribution in [3.63, 3.8) is 0 Å². The van der Waals surface area contributed by atoms with Gasteiger partial charge in [0, 0.05) is 11.8 Å². The molecule has 0 saturated carbocycles. The minimum atomic E-state index is -0.0779. The molecular formula is C13H13NO2. The van der Waals surface area contributed by atoms with Gasteiger partial charge in [-0.25, -0.2) is 0 Å². The lowest BCUT2D eigenvalue weighted by Gasteiger charge is -2.04. The third-order valence-corrected chi connectivity index (χ3v) is 2.39. The van der Waals surface area contributed by atoms with E-state index in [1.807, 2.05) is 37.3 Å². The smallest absolute Gasteiger partial charge is 0.248 e. The van der Waals surface area contributed by atoms with E-state index in [2.05, 4.69) is 4.98 Å². The first-order valence-electron chi connectivity index (χ1n) is 5.04. The van der Waals surface area contributed by atoms with Crippen LogP contribution in [-0.4, -0.2) is 12.1 Å². The summed E-state index contributed by atoms with van der Waals surface area (Å²) in [7, 11) is 1.63. The molecule has 0 aliphatic rings. The largest absolute Gasteiger partial charge is 0.497 e. The van der Waals surface area contributed by atoms with Crippen LogP contribution in [0.2, 0.25) is 0 Å². The molecule has 0 bridgehead atoms. The minimum Gasteiger partial charge on any atom is -0.497 e. The Balaban J connectivity index is 2.46. The summed E-state index contributed by atoms with van der Waals surface area (Å²) in [6.07, 6.45) is 0. The van der Waals surface area contributed by atoms with Crippen LogP contribution in [-0.2, 0) is 0 Å². The molecule has 1 aromatic heterocycles. The lowest BCUT2D eigenvalue weighted by atomic mass is 10.1. The number of hydrogen-bond donors (Lipinski definition) is 1. The molecule has 1 aromatic carbocycles. The van der Waals surface area contributed by atoms with Crippen molar-refractivity contribution in [2.24, 2.45) is 0 Å². The zero-order valence-corrected chi connectivity index (χ0v) is 9.28. The molecule has 0 fully saturated rings. The number of methoxy groups -OCH3 is 1. The van der Waals surface area contributed by atoms with E-state index in [0.29, 0.717) is 0 Å². The molecule has 1 N–H and O–H groups in total. The van der Waals surface area contributed by atoms with Crippen molar-refractivity contribution in [3.8, 4) is 17.0 Å². The first-order valence-corrected chi connectivity index (χ1v) is 5.04. The number of nitrogens with one attached hydrogen (secondary N) is 1. The average Bonchev–Trinajstić information content (AvgIpc) is 2.28. The maximum absolute atomic E-state index is 11.3. The van der Waals surface area contributed by atoms with Crippen LogP contribution in [0.25, 0.3) is 11.3 Å². The van der Waals surface area contributed by atoms with E-state index >= 15 is 0 Å². The Bertz CT molecular complexity index is 541. The van der Waals surface area contributed by atoms with Gasteiger partial charge in [-0.05, 0) is 48.4 Å². The van der Waals surface area contributed by atoms with Gasteiger partial charge in [0.1, 0.15) is 5.75 Å². The molecule has 0 spiro atoms. The maximum Gasteiger partial charge on any atom is 0.248 e. The summed E-state index contributed by atoms with van der Waals surface area (Å²) in [5.41, 5.74) is 2.68. The first kappa shape index (κ1) is 10.5. The minimum absolute atomic E-state index is 0.0779. The van der Waals surface area contributed by atoms with Crippen molar-refractivity contribution in [1.29, 1.82) is 0 Å². The van der Waals surface area contributed by atoms with Gasteiger partial charge >= 0.3 is 0 Å². The molecule has 0 radical (unpaired) electrons. The Morgan fingerprint density at radius 3 is 2.38 bits per heavy atom. The number of pyridine rings is 1. The second kappa shape index (κ2) is 4.23. The SMILES string of the molecule is COc1ccc(-c2cc(C)cc(=O)[nH]2)cc1. The van der Waals surface area contributed by atoms with E-state index in [1.165, 1.54) is 0 Å². The Labute approximate surface area is 93.7 Å². The quantitative estimate of drug-likeness (QED) is 0.835. The van der Waals surface area contributed by atoms with Crippen LogP contribution in [0.1, 0.15) is 5.56 Å². The molecular weight excluding hydrogens is 202 g/mol. The Morgan fingerprint density at radius 1 is 1.12 bits per heavy atom. The first-order chi connectivity index (χ1) is 7.69. The number of aromatic amines is 1. The van der Waals surface area contributed by atoms with Gasteiger partial charge < -0.3 is 9.72 Å². The van der Waals surface area contributed by atoms with Crippen LogP contribution < -0.4 is 10.3 Å². The van der Waals surface area contributed by atoms with E-state index in [0.717, 1.165) is 22.6 Å². The molecule has 3 nitrogen and oxygen atoms in total. The molecule has 0 atom stereocenters. The topological polar surface area (TPSA) is 42.1 Å². The summed E-state index contributed by atoms with van der Waals surface area (Å²) in [4.78, 5) is 14.1. The average molecular weight is 215 g/mol. The number of ether oxygens (including phenoxy) is 1. The lowest BCUT2D eigenvalue weighted by molar-refractivity contribution is 0.415. The number of rotatable bonds is 2. The Hall–Kier alpha value is -2.03. The predicted molar refractivity (Wildman–Crippen MR) is 63.8 cm³/mol. The third kappa shape index (κ3) is 2.14. The van der Waals surface area contributed by atoms with Crippen LogP contribution in [0.5, 0.6) is 5.75 Å². The van der Waals surface area contributed by atoms with Crippen molar-refractivity contribution >= 4 is 0 Å². The fraction of sp³-hybridized carbons (Fsp3) is 0.154. The Morgan fingerprint density at radius 2 is 1.81 bits per heavy atom. The van der Waals surface area contributed by atoms with E-state index in [9.17, 15) is 4.79 Å². The number of aromatic nitrogens is 1. The molecule has 0 saturated heterocycles. The molecule has 2 rings (SSSR count). The van der Waals surface area contributed by atoms with Gasteiger partial charge in [-0.1, -0.05) is 0 Å². The predicted octanol–water partition coefficient (Wildman–Crippen LogP) is 2.36. The molecule has 0 aliphatic heterocycles.